The van der Waals surface area contributed by atoms with Crippen LogP contribution in [0.3, 0.4) is 0 Å². The van der Waals surface area contributed by atoms with Crippen LogP contribution >= 0.6 is 11.5 Å². The molecule has 0 unspecified atom stereocenters. The summed E-state index contributed by atoms with van der Waals surface area (Å²) in [5.41, 5.74) is 11.8. The number of benzene rings is 1. The van der Waals surface area contributed by atoms with Crippen molar-refractivity contribution < 1.29 is 19.1 Å². The molecule has 0 saturated carbocycles. The molecule has 5 N–H and O–H groups in total. The highest BCUT2D eigenvalue weighted by molar-refractivity contribution is 7.09. The third kappa shape index (κ3) is 6.36. The van der Waals surface area contributed by atoms with Crippen LogP contribution in [0.1, 0.15) is 65.0 Å². The maximum absolute atomic E-state index is 13.9. The van der Waals surface area contributed by atoms with Gasteiger partial charge in [-0.2, -0.15) is 4.37 Å². The van der Waals surface area contributed by atoms with Gasteiger partial charge >= 0.3 is 0 Å². The molecule has 0 bridgehead atoms. The molecule has 1 aromatic carbocycles. The third-order valence-corrected chi connectivity index (χ3v) is 5.91. The van der Waals surface area contributed by atoms with Gasteiger partial charge in [0.05, 0.1) is 12.3 Å². The summed E-state index contributed by atoms with van der Waals surface area (Å²) >= 11 is 0.764. The number of aromatic nitrogens is 2. The lowest BCUT2D eigenvalue weighted by molar-refractivity contribution is -0.127. The summed E-state index contributed by atoms with van der Waals surface area (Å²) in [6.45, 7) is 7.98. The van der Waals surface area contributed by atoms with Crippen molar-refractivity contribution in [2.24, 2.45) is 5.73 Å². The zero-order valence-electron chi connectivity index (χ0n) is 20.6. The van der Waals surface area contributed by atoms with Gasteiger partial charge in [-0.25, -0.2) is 0 Å². The maximum atomic E-state index is 13.9. The lowest BCUT2D eigenvalue weighted by atomic mass is 10.0. The molecule has 0 spiro atoms. The van der Waals surface area contributed by atoms with E-state index in [1.54, 1.807) is 48.8 Å². The number of nitrogens with one attached hydrogen (secondary N) is 1. The van der Waals surface area contributed by atoms with Crippen molar-refractivity contribution in [3.05, 3.63) is 70.5 Å². The number of anilines is 1. The molecule has 190 valence electrons. The van der Waals surface area contributed by atoms with E-state index in [4.69, 9.17) is 16.2 Å². The first-order chi connectivity index (χ1) is 17.0. The van der Waals surface area contributed by atoms with Crippen molar-refractivity contribution in [2.75, 3.05) is 12.3 Å². The third-order valence-electron chi connectivity index (χ3n) is 5.06. The molecule has 36 heavy (non-hydrogen) atoms. The minimum absolute atomic E-state index is 0.0205. The summed E-state index contributed by atoms with van der Waals surface area (Å²) < 4.78 is 9.50. The van der Waals surface area contributed by atoms with Crippen molar-refractivity contribution in [3.63, 3.8) is 0 Å². The van der Waals surface area contributed by atoms with Gasteiger partial charge in [-0.15, -0.1) is 0 Å². The average Bonchev–Trinajstić information content (AvgIpc) is 3.20. The molecule has 11 heteroatoms. The van der Waals surface area contributed by atoms with Crippen LogP contribution in [0.25, 0.3) is 0 Å². The van der Waals surface area contributed by atoms with Crippen LogP contribution in [0.15, 0.2) is 48.8 Å². The Morgan fingerprint density at radius 3 is 2.39 bits per heavy atom. The molecular formula is C25H30N6O4S. The minimum Gasteiger partial charge on any atom is -0.494 e. The summed E-state index contributed by atoms with van der Waals surface area (Å²) in [5.74, 6) is -1.15. The van der Waals surface area contributed by atoms with E-state index < -0.39 is 23.4 Å². The number of amides is 3. The topological polar surface area (TPSA) is 154 Å². The monoisotopic (exact) mass is 510 g/mol. The molecule has 0 aliphatic carbocycles. The van der Waals surface area contributed by atoms with Crippen LogP contribution < -0.4 is 21.5 Å². The first kappa shape index (κ1) is 26.6. The van der Waals surface area contributed by atoms with E-state index in [1.165, 1.54) is 4.90 Å². The molecule has 1 atom stereocenters. The van der Waals surface area contributed by atoms with Gasteiger partial charge in [-0.3, -0.25) is 19.4 Å². The van der Waals surface area contributed by atoms with Crippen LogP contribution in [0.4, 0.5) is 5.69 Å². The fourth-order valence-electron chi connectivity index (χ4n) is 3.55. The molecule has 2 aromatic heterocycles. The van der Waals surface area contributed by atoms with Gasteiger partial charge < -0.3 is 26.4 Å². The van der Waals surface area contributed by atoms with E-state index in [2.05, 4.69) is 14.7 Å². The van der Waals surface area contributed by atoms with Gasteiger partial charge in [0.2, 0.25) is 5.91 Å². The Hall–Kier alpha value is -3.99. The number of ether oxygens (including phenoxy) is 1. The minimum atomic E-state index is -1.04. The number of primary amides is 1. The fraction of sp³-hybridized carbons (Fsp3) is 0.320. The largest absolute Gasteiger partial charge is 0.494 e. The van der Waals surface area contributed by atoms with Gasteiger partial charge in [0.15, 0.2) is 5.69 Å². The number of rotatable bonds is 9. The SMILES string of the molecule is CCOc1ccc([C@H](C(=O)NC(C)(C)C)N(Cc2cccnc2)C(=O)c2snc(C(N)=O)c2N)cc1. The van der Waals surface area contributed by atoms with Crippen LogP contribution in [-0.4, -0.2) is 44.1 Å². The first-order valence-electron chi connectivity index (χ1n) is 11.3. The van der Waals surface area contributed by atoms with E-state index >= 15 is 0 Å². The van der Waals surface area contributed by atoms with Gasteiger partial charge in [-0.05, 0) is 68.6 Å². The predicted molar refractivity (Wildman–Crippen MR) is 137 cm³/mol. The maximum Gasteiger partial charge on any atom is 0.270 e. The standard InChI is InChI=1S/C25H30N6O4S/c1-5-35-17-10-8-16(9-11-17)20(23(33)29-25(2,3)4)31(14-15-7-6-12-28-13-15)24(34)21-18(26)19(22(27)32)30-36-21/h6-13,20H,5,14,26H2,1-4H3,(H2,27,32)(H,29,33)/t20-/m1/s1. The van der Waals surface area contributed by atoms with Crippen molar-refractivity contribution in [2.45, 2.75) is 45.8 Å². The van der Waals surface area contributed by atoms with E-state index in [-0.39, 0.29) is 28.7 Å². The highest BCUT2D eigenvalue weighted by atomic mass is 32.1. The molecule has 0 fully saturated rings. The lowest BCUT2D eigenvalue weighted by Crippen LogP contribution is -2.49. The molecule has 10 nitrogen and oxygen atoms in total. The Kier molecular flexibility index (Phi) is 8.25. The van der Waals surface area contributed by atoms with Gasteiger partial charge in [0.25, 0.3) is 11.8 Å². The number of pyridine rings is 1. The molecule has 3 rings (SSSR count). The molecule has 2 heterocycles. The van der Waals surface area contributed by atoms with Crippen molar-refractivity contribution in [3.8, 4) is 5.75 Å². The number of nitrogen functional groups attached to an aromatic ring is 1. The fourth-order valence-corrected chi connectivity index (χ4v) is 4.31. The highest BCUT2D eigenvalue weighted by Crippen LogP contribution is 2.31. The summed E-state index contributed by atoms with van der Waals surface area (Å²) in [6.07, 6.45) is 3.23. The summed E-state index contributed by atoms with van der Waals surface area (Å²) in [4.78, 5) is 44.8. The zero-order chi connectivity index (χ0) is 26.5. The second-order valence-electron chi connectivity index (χ2n) is 9.08. The Morgan fingerprint density at radius 2 is 1.86 bits per heavy atom. The molecule has 3 aromatic rings. The molecule has 0 saturated heterocycles. The van der Waals surface area contributed by atoms with E-state index in [9.17, 15) is 14.4 Å². The number of carbonyl (C=O) groups is 3. The summed E-state index contributed by atoms with van der Waals surface area (Å²) in [7, 11) is 0. The summed E-state index contributed by atoms with van der Waals surface area (Å²) in [6, 6.07) is 9.48. The Bertz CT molecular complexity index is 1220. The van der Waals surface area contributed by atoms with Crippen molar-refractivity contribution >= 4 is 34.9 Å². The van der Waals surface area contributed by atoms with E-state index in [0.29, 0.717) is 23.5 Å². The number of hydrogen-bond donors (Lipinski definition) is 3. The molecule has 0 radical (unpaired) electrons. The van der Waals surface area contributed by atoms with Crippen LogP contribution in [0.5, 0.6) is 5.75 Å². The smallest absolute Gasteiger partial charge is 0.270 e. The number of carbonyl (C=O) groups excluding carboxylic acids is 3. The van der Waals surface area contributed by atoms with Crippen molar-refractivity contribution in [1.29, 1.82) is 0 Å². The number of nitrogens with two attached hydrogens (primary N) is 2. The Morgan fingerprint density at radius 1 is 1.17 bits per heavy atom. The Labute approximate surface area is 213 Å². The van der Waals surface area contributed by atoms with Gasteiger partial charge in [0, 0.05) is 24.5 Å². The Balaban J connectivity index is 2.14. The predicted octanol–water partition coefficient (Wildman–Crippen LogP) is 2.92. The highest BCUT2D eigenvalue weighted by Gasteiger charge is 2.36. The quantitative estimate of drug-likeness (QED) is 0.400. The number of hydrogen-bond acceptors (Lipinski definition) is 8. The zero-order valence-corrected chi connectivity index (χ0v) is 21.5. The van der Waals surface area contributed by atoms with Gasteiger partial charge in [-0.1, -0.05) is 18.2 Å². The number of nitrogens with zero attached hydrogens (tertiary/aromatic N) is 3. The van der Waals surface area contributed by atoms with Crippen LogP contribution in [0, 0.1) is 0 Å². The van der Waals surface area contributed by atoms with E-state index in [1.807, 2.05) is 27.7 Å². The summed E-state index contributed by atoms with van der Waals surface area (Å²) in [5, 5.41) is 2.97. The molecular weight excluding hydrogens is 480 g/mol. The molecule has 0 aliphatic rings. The van der Waals surface area contributed by atoms with Crippen LogP contribution in [0.2, 0.25) is 0 Å². The normalized spacial score (nSPS) is 12.0. The van der Waals surface area contributed by atoms with E-state index in [0.717, 1.165) is 11.5 Å². The second kappa shape index (κ2) is 11.2. The second-order valence-corrected chi connectivity index (χ2v) is 9.85. The van der Waals surface area contributed by atoms with Gasteiger partial charge in [0.1, 0.15) is 16.7 Å². The lowest BCUT2D eigenvalue weighted by Gasteiger charge is -2.33. The first-order valence-corrected chi connectivity index (χ1v) is 12.1. The van der Waals surface area contributed by atoms with Crippen molar-refractivity contribution in [1.82, 2.24) is 19.6 Å². The average molecular weight is 511 g/mol. The molecule has 0 aliphatic heterocycles. The van der Waals surface area contributed by atoms with Crippen LogP contribution in [-0.2, 0) is 11.3 Å². The molecule has 3 amide bonds.